The molecule has 4 nitrogen and oxygen atoms in total. The number of benzene rings is 1. The zero-order valence-corrected chi connectivity index (χ0v) is 19.5. The number of hydrogen-bond acceptors (Lipinski definition) is 4. The standard InChI is InChI=1S/C29H30N4/c1-7-9-11-23(8-2)24-13-14-28(30-6)26(16-24)20(3)22(5)33-29-19-32-18-27(21(29)4)25-12-10-15-31-17-25/h7-19,30,33H,1,3,5H2,2,4,6H3/b11-9-,23-8+. The molecule has 4 heteroatoms. The third-order valence-corrected chi connectivity index (χ3v) is 5.51. The van der Waals surface area contributed by atoms with Crippen LogP contribution in [0.1, 0.15) is 23.6 Å². The Balaban J connectivity index is 1.92. The summed E-state index contributed by atoms with van der Waals surface area (Å²) in [5, 5.41) is 6.68. The molecule has 0 amide bonds. The van der Waals surface area contributed by atoms with Gasteiger partial charge in [-0.3, -0.25) is 9.97 Å². The largest absolute Gasteiger partial charge is 0.388 e. The number of aromatic nitrogens is 2. The normalized spacial score (nSPS) is 11.3. The third kappa shape index (κ3) is 5.36. The first-order valence-corrected chi connectivity index (χ1v) is 10.8. The highest BCUT2D eigenvalue weighted by Gasteiger charge is 2.13. The smallest absolute Gasteiger partial charge is 0.0606 e. The SMILES string of the molecule is C=C/C=C\C(=C/C)c1ccc(NC)c(C(=C)C(=C)Nc2cncc(-c3cccnc3)c2C)c1. The number of hydrogen-bond donors (Lipinski definition) is 2. The molecular weight excluding hydrogens is 404 g/mol. The van der Waals surface area contributed by atoms with Crippen molar-refractivity contribution in [1.29, 1.82) is 0 Å². The molecule has 0 aliphatic carbocycles. The molecule has 166 valence electrons. The average Bonchev–Trinajstić information content (AvgIpc) is 2.85. The van der Waals surface area contributed by atoms with E-state index in [1.165, 1.54) is 0 Å². The maximum atomic E-state index is 4.42. The van der Waals surface area contributed by atoms with Crippen LogP contribution in [0.5, 0.6) is 0 Å². The Hall–Kier alpha value is -4.18. The van der Waals surface area contributed by atoms with Crippen LogP contribution in [0.2, 0.25) is 0 Å². The fraction of sp³-hybridized carbons (Fsp3) is 0.103. The quantitative estimate of drug-likeness (QED) is 0.348. The van der Waals surface area contributed by atoms with Crippen LogP contribution in [0.3, 0.4) is 0 Å². The van der Waals surface area contributed by atoms with Crippen LogP contribution >= 0.6 is 0 Å². The molecule has 2 N–H and O–H groups in total. The molecule has 0 atom stereocenters. The Morgan fingerprint density at radius 3 is 2.52 bits per heavy atom. The van der Waals surface area contributed by atoms with Crippen molar-refractivity contribution in [2.45, 2.75) is 13.8 Å². The first-order chi connectivity index (χ1) is 16.0. The predicted molar refractivity (Wildman–Crippen MR) is 143 cm³/mol. The minimum absolute atomic E-state index is 0.709. The highest BCUT2D eigenvalue weighted by Crippen LogP contribution is 2.33. The molecule has 2 heterocycles. The maximum Gasteiger partial charge on any atom is 0.0606 e. The van der Waals surface area contributed by atoms with Gasteiger partial charge in [0.15, 0.2) is 0 Å². The summed E-state index contributed by atoms with van der Waals surface area (Å²) in [5.74, 6) is 0. The van der Waals surface area contributed by atoms with Crippen LogP contribution < -0.4 is 10.6 Å². The van der Waals surface area contributed by atoms with Crippen molar-refractivity contribution in [3.05, 3.63) is 122 Å². The van der Waals surface area contributed by atoms with Gasteiger partial charge in [0.25, 0.3) is 0 Å². The second kappa shape index (κ2) is 10.9. The summed E-state index contributed by atoms with van der Waals surface area (Å²) in [6.07, 6.45) is 15.1. The van der Waals surface area contributed by atoms with Gasteiger partial charge in [-0.2, -0.15) is 0 Å². The molecule has 0 bridgehead atoms. The molecule has 0 aliphatic rings. The first-order valence-electron chi connectivity index (χ1n) is 10.8. The van der Waals surface area contributed by atoms with Gasteiger partial charge in [0, 0.05) is 53.7 Å². The molecule has 0 aliphatic heterocycles. The topological polar surface area (TPSA) is 49.8 Å². The van der Waals surface area contributed by atoms with E-state index in [2.05, 4.69) is 71.5 Å². The minimum atomic E-state index is 0.709. The van der Waals surface area contributed by atoms with E-state index in [-0.39, 0.29) is 0 Å². The highest BCUT2D eigenvalue weighted by atomic mass is 14.9. The molecular formula is C29H30N4. The van der Waals surface area contributed by atoms with Gasteiger partial charge in [0.05, 0.1) is 11.9 Å². The molecule has 3 aromatic rings. The summed E-state index contributed by atoms with van der Waals surface area (Å²) < 4.78 is 0. The summed E-state index contributed by atoms with van der Waals surface area (Å²) in [6.45, 7) is 16.5. The summed E-state index contributed by atoms with van der Waals surface area (Å²) in [5.41, 5.74) is 9.67. The molecule has 0 saturated carbocycles. The summed E-state index contributed by atoms with van der Waals surface area (Å²) in [7, 11) is 1.90. The molecule has 0 unspecified atom stereocenters. The van der Waals surface area contributed by atoms with Crippen LogP contribution in [0, 0.1) is 6.92 Å². The van der Waals surface area contributed by atoms with Crippen LogP contribution in [-0.4, -0.2) is 17.0 Å². The van der Waals surface area contributed by atoms with E-state index in [9.17, 15) is 0 Å². The lowest BCUT2D eigenvalue weighted by atomic mass is 9.96. The van der Waals surface area contributed by atoms with Gasteiger partial charge in [-0.15, -0.1) is 0 Å². The summed E-state index contributed by atoms with van der Waals surface area (Å²) >= 11 is 0. The van der Waals surface area contributed by atoms with E-state index in [1.807, 2.05) is 50.6 Å². The summed E-state index contributed by atoms with van der Waals surface area (Å²) in [4.78, 5) is 8.65. The van der Waals surface area contributed by atoms with Gasteiger partial charge >= 0.3 is 0 Å². The summed E-state index contributed by atoms with van der Waals surface area (Å²) in [6, 6.07) is 10.2. The number of anilines is 2. The fourth-order valence-electron chi connectivity index (χ4n) is 3.59. The fourth-order valence-corrected chi connectivity index (χ4v) is 3.59. The predicted octanol–water partition coefficient (Wildman–Crippen LogP) is 7.28. The van der Waals surface area contributed by atoms with Gasteiger partial charge in [0.1, 0.15) is 0 Å². The van der Waals surface area contributed by atoms with Crippen molar-refractivity contribution in [3.63, 3.8) is 0 Å². The molecule has 0 spiro atoms. The number of rotatable bonds is 9. The van der Waals surface area contributed by atoms with Crippen molar-refractivity contribution in [2.24, 2.45) is 0 Å². The van der Waals surface area contributed by atoms with Crippen molar-refractivity contribution >= 4 is 22.5 Å². The molecule has 0 saturated heterocycles. The van der Waals surface area contributed by atoms with E-state index >= 15 is 0 Å². The van der Waals surface area contributed by atoms with Gasteiger partial charge in [-0.05, 0) is 54.3 Å². The maximum absolute atomic E-state index is 4.42. The van der Waals surface area contributed by atoms with Crippen LogP contribution in [0.25, 0.3) is 22.3 Å². The highest BCUT2D eigenvalue weighted by molar-refractivity contribution is 5.89. The van der Waals surface area contributed by atoms with Crippen molar-refractivity contribution in [2.75, 3.05) is 17.7 Å². The molecule has 3 rings (SSSR count). The second-order valence-corrected chi connectivity index (χ2v) is 7.53. The molecule has 2 aromatic heterocycles. The Morgan fingerprint density at radius 1 is 1.03 bits per heavy atom. The van der Waals surface area contributed by atoms with Crippen molar-refractivity contribution in [3.8, 4) is 11.1 Å². The van der Waals surface area contributed by atoms with E-state index < -0.39 is 0 Å². The second-order valence-electron chi connectivity index (χ2n) is 7.53. The Labute approximate surface area is 196 Å². The van der Waals surface area contributed by atoms with E-state index in [4.69, 9.17) is 0 Å². The van der Waals surface area contributed by atoms with Crippen LogP contribution in [-0.2, 0) is 0 Å². The van der Waals surface area contributed by atoms with Crippen LogP contribution in [0.4, 0.5) is 11.4 Å². The number of pyridine rings is 2. The lowest BCUT2D eigenvalue weighted by molar-refractivity contribution is 1.26. The number of nitrogens with zero attached hydrogens (tertiary/aromatic N) is 2. The van der Waals surface area contributed by atoms with Gasteiger partial charge in [-0.1, -0.05) is 56.2 Å². The van der Waals surface area contributed by atoms with E-state index in [0.29, 0.717) is 5.70 Å². The average molecular weight is 435 g/mol. The van der Waals surface area contributed by atoms with Gasteiger partial charge < -0.3 is 10.6 Å². The van der Waals surface area contributed by atoms with Crippen molar-refractivity contribution in [1.82, 2.24) is 9.97 Å². The Bertz CT molecular complexity index is 1230. The molecule has 33 heavy (non-hydrogen) atoms. The zero-order valence-electron chi connectivity index (χ0n) is 19.5. The number of allylic oxidation sites excluding steroid dienone is 6. The third-order valence-electron chi connectivity index (χ3n) is 5.51. The molecule has 1 aromatic carbocycles. The lowest BCUT2D eigenvalue weighted by Gasteiger charge is -2.19. The first kappa shape index (κ1) is 23.5. The lowest BCUT2D eigenvalue weighted by Crippen LogP contribution is -2.05. The van der Waals surface area contributed by atoms with Gasteiger partial charge in [-0.25, -0.2) is 0 Å². The monoisotopic (exact) mass is 434 g/mol. The zero-order chi connectivity index (χ0) is 23.8. The molecule has 0 radical (unpaired) electrons. The Kier molecular flexibility index (Phi) is 7.77. The molecule has 0 fully saturated rings. The van der Waals surface area contributed by atoms with E-state index in [1.54, 1.807) is 18.5 Å². The van der Waals surface area contributed by atoms with Crippen molar-refractivity contribution < 1.29 is 0 Å². The Morgan fingerprint density at radius 2 is 1.85 bits per heavy atom. The minimum Gasteiger partial charge on any atom is -0.388 e. The van der Waals surface area contributed by atoms with Gasteiger partial charge in [0.2, 0.25) is 0 Å². The van der Waals surface area contributed by atoms with E-state index in [0.717, 1.165) is 50.3 Å². The van der Waals surface area contributed by atoms with Crippen LogP contribution in [0.15, 0.2) is 105 Å². The number of nitrogens with one attached hydrogen (secondary N) is 2.